The number of halogens is 3. The molecule has 2 rings (SSSR count). The molecular weight excluding hydrogens is 265 g/mol. The molecule has 0 radical (unpaired) electrons. The molecule has 0 bridgehead atoms. The monoisotopic (exact) mass is 280 g/mol. The lowest BCUT2D eigenvalue weighted by molar-refractivity contribution is 0.473. The van der Waals surface area contributed by atoms with E-state index in [1.54, 1.807) is 0 Å². The van der Waals surface area contributed by atoms with E-state index in [9.17, 15) is 13.2 Å². The largest absolute Gasteiger partial charge is 0.306 e. The van der Waals surface area contributed by atoms with Crippen molar-refractivity contribution in [1.29, 1.82) is 0 Å². The molecule has 1 unspecified atom stereocenters. The van der Waals surface area contributed by atoms with Gasteiger partial charge >= 0.3 is 0 Å². The Balaban J connectivity index is 2.55. The van der Waals surface area contributed by atoms with Gasteiger partial charge in [0, 0.05) is 17.3 Å². The third-order valence-electron chi connectivity index (χ3n) is 3.14. The summed E-state index contributed by atoms with van der Waals surface area (Å²) >= 11 is 0. The van der Waals surface area contributed by atoms with Crippen LogP contribution in [0.5, 0.6) is 0 Å². The molecule has 1 N–H and O–H groups in total. The number of aryl methyl sites for hydroxylation is 1. The zero-order valence-electron chi connectivity index (χ0n) is 11.3. The van der Waals surface area contributed by atoms with Crippen LogP contribution in [-0.2, 0) is 0 Å². The Morgan fingerprint density at radius 2 is 1.85 bits per heavy atom. The normalized spacial score (nSPS) is 12.4. The number of rotatable bonds is 4. The fraction of sp³-hybridized carbons (Fsp3) is 0.267. The topological polar surface area (TPSA) is 24.9 Å². The second-order valence-corrected chi connectivity index (χ2v) is 4.49. The van der Waals surface area contributed by atoms with Gasteiger partial charge in [0.05, 0.1) is 12.2 Å². The highest BCUT2D eigenvalue weighted by molar-refractivity contribution is 5.35. The minimum atomic E-state index is -0.952. The maximum atomic E-state index is 14.1. The molecule has 0 fully saturated rings. The molecule has 1 atom stereocenters. The van der Waals surface area contributed by atoms with Gasteiger partial charge < -0.3 is 5.32 Å². The predicted molar refractivity (Wildman–Crippen MR) is 70.8 cm³/mol. The molecule has 0 saturated carbocycles. The second kappa shape index (κ2) is 6.05. The van der Waals surface area contributed by atoms with Crippen LogP contribution >= 0.6 is 0 Å². The van der Waals surface area contributed by atoms with Crippen molar-refractivity contribution in [2.24, 2.45) is 0 Å². The molecule has 1 aromatic carbocycles. The van der Waals surface area contributed by atoms with Crippen molar-refractivity contribution >= 4 is 0 Å². The number of hydrogen-bond donors (Lipinski definition) is 1. The van der Waals surface area contributed by atoms with Crippen LogP contribution < -0.4 is 5.32 Å². The maximum absolute atomic E-state index is 14.1. The smallest absolute Gasteiger partial charge is 0.164 e. The van der Waals surface area contributed by atoms with Crippen LogP contribution in [0.2, 0.25) is 0 Å². The van der Waals surface area contributed by atoms with Crippen molar-refractivity contribution in [2.45, 2.75) is 19.9 Å². The predicted octanol–water partition coefficient (Wildman–Crippen LogP) is 3.51. The molecule has 1 aromatic heterocycles. The minimum absolute atomic E-state index is 0.0834. The molecule has 1 heterocycles. The van der Waals surface area contributed by atoms with Gasteiger partial charge in [0.15, 0.2) is 11.6 Å². The van der Waals surface area contributed by atoms with Gasteiger partial charge in [-0.1, -0.05) is 19.1 Å². The van der Waals surface area contributed by atoms with E-state index >= 15 is 0 Å². The first-order valence-electron chi connectivity index (χ1n) is 6.33. The first kappa shape index (κ1) is 14.5. The van der Waals surface area contributed by atoms with E-state index in [2.05, 4.69) is 10.3 Å². The van der Waals surface area contributed by atoms with Gasteiger partial charge in [0.1, 0.15) is 5.82 Å². The molecule has 0 aliphatic carbocycles. The third kappa shape index (κ3) is 2.67. The first-order chi connectivity index (χ1) is 9.56. The Labute approximate surface area is 115 Å². The van der Waals surface area contributed by atoms with Crippen molar-refractivity contribution in [1.82, 2.24) is 10.3 Å². The summed E-state index contributed by atoms with van der Waals surface area (Å²) in [6, 6.07) is 3.66. The summed E-state index contributed by atoms with van der Waals surface area (Å²) in [5.74, 6) is -2.41. The van der Waals surface area contributed by atoms with Crippen molar-refractivity contribution in [2.75, 3.05) is 6.54 Å². The lowest BCUT2D eigenvalue weighted by Crippen LogP contribution is -2.24. The fourth-order valence-electron chi connectivity index (χ4n) is 2.10. The Bertz CT molecular complexity index is 614. The number of aromatic nitrogens is 1. The third-order valence-corrected chi connectivity index (χ3v) is 3.14. The van der Waals surface area contributed by atoms with Gasteiger partial charge in [-0.3, -0.25) is 4.98 Å². The van der Waals surface area contributed by atoms with Crippen LogP contribution in [0, 0.1) is 24.4 Å². The zero-order chi connectivity index (χ0) is 14.7. The molecule has 0 aliphatic rings. The Morgan fingerprint density at radius 1 is 1.10 bits per heavy atom. The summed E-state index contributed by atoms with van der Waals surface area (Å²) < 4.78 is 41.6. The lowest BCUT2D eigenvalue weighted by Gasteiger charge is -2.20. The van der Waals surface area contributed by atoms with Gasteiger partial charge in [-0.15, -0.1) is 0 Å². The average Bonchev–Trinajstić information content (AvgIpc) is 2.44. The van der Waals surface area contributed by atoms with E-state index in [0.29, 0.717) is 6.54 Å². The van der Waals surface area contributed by atoms with Gasteiger partial charge in [0.2, 0.25) is 0 Å². The van der Waals surface area contributed by atoms with E-state index in [4.69, 9.17) is 0 Å². The first-order valence-corrected chi connectivity index (χ1v) is 6.33. The molecule has 0 aliphatic heterocycles. The summed E-state index contributed by atoms with van der Waals surface area (Å²) in [7, 11) is 0. The molecular formula is C15H15F3N2. The fourth-order valence-corrected chi connectivity index (χ4v) is 2.10. The van der Waals surface area contributed by atoms with Gasteiger partial charge in [-0.25, -0.2) is 13.2 Å². The van der Waals surface area contributed by atoms with Crippen LogP contribution in [0.25, 0.3) is 0 Å². The second-order valence-electron chi connectivity index (χ2n) is 4.49. The molecule has 2 nitrogen and oxygen atoms in total. The van der Waals surface area contributed by atoms with E-state index in [-0.39, 0.29) is 16.7 Å². The highest BCUT2D eigenvalue weighted by atomic mass is 19.2. The van der Waals surface area contributed by atoms with Crippen molar-refractivity contribution in [3.8, 4) is 0 Å². The van der Waals surface area contributed by atoms with Crippen molar-refractivity contribution < 1.29 is 13.2 Å². The maximum Gasteiger partial charge on any atom is 0.164 e. The molecule has 5 heteroatoms. The van der Waals surface area contributed by atoms with Crippen LogP contribution in [0.3, 0.4) is 0 Å². The Hall–Kier alpha value is -1.88. The van der Waals surface area contributed by atoms with Crippen LogP contribution in [0.1, 0.15) is 29.7 Å². The van der Waals surface area contributed by atoms with E-state index < -0.39 is 23.5 Å². The number of hydrogen-bond acceptors (Lipinski definition) is 2. The van der Waals surface area contributed by atoms with Gasteiger partial charge in [0.25, 0.3) is 0 Å². The Kier molecular flexibility index (Phi) is 4.39. The van der Waals surface area contributed by atoms with E-state index in [1.165, 1.54) is 31.3 Å². The highest BCUT2D eigenvalue weighted by Gasteiger charge is 2.22. The summed E-state index contributed by atoms with van der Waals surface area (Å²) in [6.45, 7) is 3.79. The molecule has 0 spiro atoms. The summed E-state index contributed by atoms with van der Waals surface area (Å²) in [4.78, 5) is 3.66. The van der Waals surface area contributed by atoms with Crippen LogP contribution in [0.4, 0.5) is 13.2 Å². The van der Waals surface area contributed by atoms with Crippen LogP contribution in [0.15, 0.2) is 30.6 Å². The van der Waals surface area contributed by atoms with Crippen molar-refractivity contribution in [3.63, 3.8) is 0 Å². The summed E-state index contributed by atoms with van der Waals surface area (Å²) in [5, 5.41) is 2.97. The molecule has 0 amide bonds. The van der Waals surface area contributed by atoms with E-state index in [1.807, 2.05) is 6.92 Å². The number of benzene rings is 1. The molecule has 106 valence electrons. The number of nitrogens with zero attached hydrogens (tertiary/aromatic N) is 1. The number of nitrogens with one attached hydrogen (secondary N) is 1. The summed E-state index contributed by atoms with van der Waals surface area (Å²) in [5.41, 5.74) is 0.542. The van der Waals surface area contributed by atoms with Gasteiger partial charge in [-0.05, 0) is 25.1 Å². The lowest BCUT2D eigenvalue weighted by atomic mass is 9.97. The highest BCUT2D eigenvalue weighted by Crippen LogP contribution is 2.28. The average molecular weight is 280 g/mol. The standard InChI is InChI=1S/C15H15F3N2/c1-3-20-15(10-6-7-19-8-12(10)16)11-5-4-9(2)13(17)14(11)18/h4-8,15,20H,3H2,1-2H3. The van der Waals surface area contributed by atoms with Crippen molar-refractivity contribution in [3.05, 3.63) is 64.7 Å². The molecule has 2 aromatic rings. The van der Waals surface area contributed by atoms with Gasteiger partial charge in [-0.2, -0.15) is 0 Å². The summed E-state index contributed by atoms with van der Waals surface area (Å²) in [6.07, 6.45) is 2.48. The quantitative estimate of drug-likeness (QED) is 0.927. The molecule has 0 saturated heterocycles. The Morgan fingerprint density at radius 3 is 2.50 bits per heavy atom. The number of pyridine rings is 1. The van der Waals surface area contributed by atoms with Crippen LogP contribution in [-0.4, -0.2) is 11.5 Å². The zero-order valence-corrected chi connectivity index (χ0v) is 11.3. The molecule has 20 heavy (non-hydrogen) atoms. The van der Waals surface area contributed by atoms with E-state index in [0.717, 1.165) is 6.20 Å². The minimum Gasteiger partial charge on any atom is -0.306 e. The SMILES string of the molecule is CCNC(c1ccncc1F)c1ccc(C)c(F)c1F.